The van der Waals surface area contributed by atoms with E-state index in [2.05, 4.69) is 40.5 Å². The number of imidazole rings is 1. The number of nitrogens with two attached hydrogens (primary N) is 1. The van der Waals surface area contributed by atoms with Crippen molar-refractivity contribution in [1.29, 1.82) is 0 Å². The average molecular weight is 281 g/mol. The van der Waals surface area contributed by atoms with Gasteiger partial charge in [0.25, 0.3) is 0 Å². The Hall–Kier alpha value is -2.20. The Morgan fingerprint density at radius 3 is 2.50 bits per heavy atom. The van der Waals surface area contributed by atoms with Crippen LogP contribution in [0.15, 0.2) is 59.6 Å². The van der Waals surface area contributed by atoms with Gasteiger partial charge in [-0.25, -0.2) is 4.98 Å². The van der Waals surface area contributed by atoms with E-state index in [1.165, 1.54) is 4.90 Å². The lowest BCUT2D eigenvalue weighted by Crippen LogP contribution is -1.90. The van der Waals surface area contributed by atoms with E-state index < -0.39 is 0 Å². The number of hydrogen-bond donors (Lipinski definition) is 2. The molecule has 0 unspecified atom stereocenters. The van der Waals surface area contributed by atoms with Gasteiger partial charge in [-0.15, -0.1) is 11.8 Å². The lowest BCUT2D eigenvalue weighted by Gasteiger charge is -2.02. The van der Waals surface area contributed by atoms with Crippen molar-refractivity contribution >= 4 is 17.4 Å². The number of hydrogen-bond acceptors (Lipinski definition) is 3. The number of anilines is 1. The highest BCUT2D eigenvalue weighted by molar-refractivity contribution is 7.98. The summed E-state index contributed by atoms with van der Waals surface area (Å²) in [6, 6.07) is 16.1. The topological polar surface area (TPSA) is 54.7 Å². The van der Waals surface area contributed by atoms with Crippen LogP contribution >= 0.6 is 11.8 Å². The van der Waals surface area contributed by atoms with Crippen LogP contribution in [0.25, 0.3) is 22.6 Å². The SMILES string of the molecule is CSc1ccc(-c2cnc(-c3ccccc3N)[nH]2)cc1. The molecule has 0 aliphatic heterocycles. The highest BCUT2D eigenvalue weighted by atomic mass is 32.2. The first-order valence-corrected chi connectivity index (χ1v) is 7.54. The van der Waals surface area contributed by atoms with Crippen molar-refractivity contribution in [1.82, 2.24) is 9.97 Å². The molecular weight excluding hydrogens is 266 g/mol. The van der Waals surface area contributed by atoms with Gasteiger partial charge in [0.2, 0.25) is 0 Å². The number of H-pyrrole nitrogens is 1. The second-order valence-electron chi connectivity index (χ2n) is 4.46. The molecule has 1 aromatic heterocycles. The van der Waals surface area contributed by atoms with Gasteiger partial charge in [0.1, 0.15) is 5.82 Å². The van der Waals surface area contributed by atoms with Gasteiger partial charge in [-0.3, -0.25) is 0 Å². The van der Waals surface area contributed by atoms with Crippen LogP contribution < -0.4 is 5.73 Å². The Balaban J connectivity index is 1.95. The Morgan fingerprint density at radius 2 is 1.80 bits per heavy atom. The molecule has 4 heteroatoms. The summed E-state index contributed by atoms with van der Waals surface area (Å²) >= 11 is 1.73. The van der Waals surface area contributed by atoms with E-state index in [4.69, 9.17) is 5.73 Å². The molecule has 0 saturated heterocycles. The number of rotatable bonds is 3. The maximum absolute atomic E-state index is 5.98. The molecule has 3 nitrogen and oxygen atoms in total. The Labute approximate surface area is 122 Å². The Bertz CT molecular complexity index is 717. The van der Waals surface area contributed by atoms with Gasteiger partial charge >= 0.3 is 0 Å². The van der Waals surface area contributed by atoms with Crippen LogP contribution in [0.2, 0.25) is 0 Å². The summed E-state index contributed by atoms with van der Waals surface area (Å²) in [7, 11) is 0. The molecule has 0 bridgehead atoms. The monoisotopic (exact) mass is 281 g/mol. The minimum absolute atomic E-state index is 0.728. The van der Waals surface area contributed by atoms with Crippen LogP contribution in [-0.4, -0.2) is 16.2 Å². The summed E-state index contributed by atoms with van der Waals surface area (Å²) in [5, 5.41) is 0. The summed E-state index contributed by atoms with van der Waals surface area (Å²) in [6.07, 6.45) is 3.91. The number of nitrogen functional groups attached to an aromatic ring is 1. The van der Waals surface area contributed by atoms with Crippen molar-refractivity contribution in [3.63, 3.8) is 0 Å². The first kappa shape index (κ1) is 12.8. The quantitative estimate of drug-likeness (QED) is 0.562. The van der Waals surface area contributed by atoms with E-state index >= 15 is 0 Å². The third-order valence-corrected chi connectivity index (χ3v) is 3.94. The van der Waals surface area contributed by atoms with Crippen molar-refractivity contribution in [3.05, 3.63) is 54.7 Å². The van der Waals surface area contributed by atoms with Crippen LogP contribution in [0, 0.1) is 0 Å². The molecule has 20 heavy (non-hydrogen) atoms. The fourth-order valence-corrected chi connectivity index (χ4v) is 2.50. The van der Waals surface area contributed by atoms with E-state index in [0.29, 0.717) is 0 Å². The van der Waals surface area contributed by atoms with Gasteiger partial charge in [-0.05, 0) is 36.1 Å². The molecule has 0 aliphatic carbocycles. The van der Waals surface area contributed by atoms with E-state index in [0.717, 1.165) is 28.3 Å². The van der Waals surface area contributed by atoms with Crippen molar-refractivity contribution in [3.8, 4) is 22.6 Å². The van der Waals surface area contributed by atoms with E-state index in [9.17, 15) is 0 Å². The Kier molecular flexibility index (Phi) is 3.48. The fraction of sp³-hybridized carbons (Fsp3) is 0.0625. The van der Waals surface area contributed by atoms with Gasteiger partial charge in [-0.2, -0.15) is 0 Å². The summed E-state index contributed by atoms with van der Waals surface area (Å²) in [5.74, 6) is 0.798. The highest BCUT2D eigenvalue weighted by Crippen LogP contribution is 2.26. The van der Waals surface area contributed by atoms with Crippen molar-refractivity contribution in [2.75, 3.05) is 12.0 Å². The van der Waals surface area contributed by atoms with Crippen LogP contribution in [0.3, 0.4) is 0 Å². The molecule has 3 rings (SSSR count). The first-order chi connectivity index (χ1) is 9.78. The molecule has 0 fully saturated rings. The molecule has 1 heterocycles. The van der Waals surface area contributed by atoms with E-state index in [1.807, 2.05) is 30.5 Å². The van der Waals surface area contributed by atoms with Gasteiger partial charge in [0, 0.05) is 16.1 Å². The van der Waals surface area contributed by atoms with Gasteiger partial charge in [0.15, 0.2) is 0 Å². The highest BCUT2D eigenvalue weighted by Gasteiger charge is 2.07. The lowest BCUT2D eigenvalue weighted by atomic mass is 10.1. The molecule has 2 aromatic carbocycles. The summed E-state index contributed by atoms with van der Waals surface area (Å²) in [4.78, 5) is 9.00. The number of para-hydroxylation sites is 1. The fourth-order valence-electron chi connectivity index (χ4n) is 2.09. The maximum Gasteiger partial charge on any atom is 0.139 e. The second kappa shape index (κ2) is 5.43. The number of thioether (sulfide) groups is 1. The number of nitrogens with zero attached hydrogens (tertiary/aromatic N) is 1. The molecule has 3 N–H and O–H groups in total. The zero-order valence-electron chi connectivity index (χ0n) is 11.1. The third-order valence-electron chi connectivity index (χ3n) is 3.19. The minimum Gasteiger partial charge on any atom is -0.398 e. The first-order valence-electron chi connectivity index (χ1n) is 6.32. The molecule has 0 radical (unpaired) electrons. The lowest BCUT2D eigenvalue weighted by molar-refractivity contribution is 1.31. The predicted molar refractivity (Wildman–Crippen MR) is 85.7 cm³/mol. The van der Waals surface area contributed by atoms with Gasteiger partial charge in [0.05, 0.1) is 11.9 Å². The molecule has 0 saturated carbocycles. The third kappa shape index (κ3) is 2.42. The molecule has 0 atom stereocenters. The van der Waals surface area contributed by atoms with Crippen LogP contribution in [-0.2, 0) is 0 Å². The van der Waals surface area contributed by atoms with E-state index in [1.54, 1.807) is 11.8 Å². The van der Waals surface area contributed by atoms with Crippen molar-refractivity contribution in [2.45, 2.75) is 4.90 Å². The van der Waals surface area contributed by atoms with Crippen molar-refractivity contribution < 1.29 is 0 Å². The zero-order valence-corrected chi connectivity index (χ0v) is 11.9. The van der Waals surface area contributed by atoms with Gasteiger partial charge in [-0.1, -0.05) is 24.3 Å². The second-order valence-corrected chi connectivity index (χ2v) is 5.34. The summed E-state index contributed by atoms with van der Waals surface area (Å²) in [5.41, 5.74) is 9.75. The molecule has 0 spiro atoms. The maximum atomic E-state index is 5.98. The number of aromatic nitrogens is 2. The zero-order chi connectivity index (χ0) is 13.9. The number of benzene rings is 2. The molecule has 100 valence electrons. The van der Waals surface area contributed by atoms with Crippen LogP contribution in [0.4, 0.5) is 5.69 Å². The summed E-state index contributed by atoms with van der Waals surface area (Å²) < 4.78 is 0. The van der Waals surface area contributed by atoms with Crippen LogP contribution in [0.1, 0.15) is 0 Å². The van der Waals surface area contributed by atoms with Gasteiger partial charge < -0.3 is 10.7 Å². The Morgan fingerprint density at radius 1 is 1.05 bits per heavy atom. The number of aromatic amines is 1. The molecule has 3 aromatic rings. The normalized spacial score (nSPS) is 10.7. The number of nitrogens with one attached hydrogen (secondary N) is 1. The van der Waals surface area contributed by atoms with Crippen molar-refractivity contribution in [2.24, 2.45) is 0 Å². The molecular formula is C16H15N3S. The molecule has 0 aliphatic rings. The summed E-state index contributed by atoms with van der Waals surface area (Å²) in [6.45, 7) is 0. The minimum atomic E-state index is 0.728. The van der Waals surface area contributed by atoms with Crippen LogP contribution in [0.5, 0.6) is 0 Å². The standard InChI is InChI=1S/C16H15N3S/c1-20-12-8-6-11(7-9-12)15-10-18-16(19-15)13-4-2-3-5-14(13)17/h2-10H,17H2,1H3,(H,18,19). The molecule has 0 amide bonds. The average Bonchev–Trinajstić information content (AvgIpc) is 2.97. The van der Waals surface area contributed by atoms with E-state index in [-0.39, 0.29) is 0 Å². The smallest absolute Gasteiger partial charge is 0.139 e. The predicted octanol–water partition coefficient (Wildman–Crippen LogP) is 4.05. The largest absolute Gasteiger partial charge is 0.398 e.